The molecule has 2 N–H and O–H groups in total. The molecule has 4 heteroatoms. The molecule has 21 heavy (non-hydrogen) atoms. The number of hydrogen-bond donors (Lipinski definition) is 2. The van der Waals surface area contributed by atoms with Crippen molar-refractivity contribution in [1.29, 1.82) is 0 Å². The third kappa shape index (κ3) is 4.41. The van der Waals surface area contributed by atoms with Gasteiger partial charge in [0.25, 0.3) is 0 Å². The summed E-state index contributed by atoms with van der Waals surface area (Å²) in [5.41, 5.74) is 1.68. The molecule has 0 spiro atoms. The maximum atomic E-state index is 11.5. The Labute approximate surface area is 132 Å². The second-order valence-corrected chi connectivity index (χ2v) is 5.85. The Balaban J connectivity index is 2.10. The molecule has 0 bridgehead atoms. The number of benzene rings is 2. The van der Waals surface area contributed by atoms with Gasteiger partial charge in [-0.25, -0.2) is 0 Å². The Morgan fingerprint density at radius 2 is 1.67 bits per heavy atom. The van der Waals surface area contributed by atoms with E-state index in [-0.39, 0.29) is 6.42 Å². The van der Waals surface area contributed by atoms with E-state index >= 15 is 0 Å². The summed E-state index contributed by atoms with van der Waals surface area (Å²) in [5, 5.41) is 19.6. The fraction of sp³-hybridized carbons (Fsp3) is 0.235. The average Bonchev–Trinajstić information content (AvgIpc) is 2.49. The second-order valence-electron chi connectivity index (χ2n) is 4.99. The van der Waals surface area contributed by atoms with Crippen molar-refractivity contribution in [3.8, 4) is 0 Å². The molecule has 0 saturated carbocycles. The first-order valence-corrected chi connectivity index (χ1v) is 7.56. The number of rotatable bonds is 6. The van der Waals surface area contributed by atoms with E-state index in [4.69, 9.17) is 0 Å². The maximum absolute atomic E-state index is 11.5. The van der Waals surface area contributed by atoms with Gasteiger partial charge in [0.1, 0.15) is 0 Å². The lowest BCUT2D eigenvalue weighted by molar-refractivity contribution is -0.142. The number of aliphatic carboxylic acids is 1. The van der Waals surface area contributed by atoms with Crippen LogP contribution in [0.3, 0.4) is 0 Å². The SMILES string of the molecule is O=C(O)C(Cc1ccccc1Br)CC(O)c1ccccc1. The molecule has 0 radical (unpaired) electrons. The molecule has 0 aliphatic rings. The number of hydrogen-bond acceptors (Lipinski definition) is 2. The number of carboxylic acids is 1. The zero-order valence-corrected chi connectivity index (χ0v) is 13.0. The lowest BCUT2D eigenvalue weighted by Gasteiger charge is -2.18. The second kappa shape index (κ2) is 7.38. The third-order valence-corrected chi connectivity index (χ3v) is 4.24. The normalized spacial score (nSPS) is 13.6. The number of carboxylic acid groups (broad SMARTS) is 1. The Bertz CT molecular complexity index is 598. The van der Waals surface area contributed by atoms with E-state index in [1.807, 2.05) is 54.6 Å². The van der Waals surface area contributed by atoms with Crippen molar-refractivity contribution >= 4 is 21.9 Å². The first kappa shape index (κ1) is 15.7. The molecule has 0 aliphatic heterocycles. The Hall–Kier alpha value is -1.65. The van der Waals surface area contributed by atoms with Crippen LogP contribution >= 0.6 is 15.9 Å². The van der Waals surface area contributed by atoms with Gasteiger partial charge in [-0.3, -0.25) is 4.79 Å². The fourth-order valence-electron chi connectivity index (χ4n) is 2.28. The number of carbonyl (C=O) groups is 1. The van der Waals surface area contributed by atoms with Gasteiger partial charge in [0, 0.05) is 4.47 Å². The summed E-state index contributed by atoms with van der Waals surface area (Å²) >= 11 is 3.43. The number of aliphatic hydroxyl groups excluding tert-OH is 1. The Kier molecular flexibility index (Phi) is 5.53. The van der Waals surface area contributed by atoms with Gasteiger partial charge < -0.3 is 10.2 Å². The molecule has 0 fully saturated rings. The van der Waals surface area contributed by atoms with Crippen LogP contribution in [0.5, 0.6) is 0 Å². The smallest absolute Gasteiger partial charge is 0.306 e. The number of aliphatic hydroxyl groups is 1. The van der Waals surface area contributed by atoms with Crippen molar-refractivity contribution in [3.05, 3.63) is 70.2 Å². The molecular formula is C17H17BrO3. The molecular weight excluding hydrogens is 332 g/mol. The van der Waals surface area contributed by atoms with Gasteiger partial charge >= 0.3 is 5.97 Å². The molecule has 0 amide bonds. The van der Waals surface area contributed by atoms with Crippen LogP contribution < -0.4 is 0 Å². The average molecular weight is 349 g/mol. The highest BCUT2D eigenvalue weighted by molar-refractivity contribution is 9.10. The summed E-state index contributed by atoms with van der Waals surface area (Å²) in [4.78, 5) is 11.5. The summed E-state index contributed by atoms with van der Waals surface area (Å²) < 4.78 is 0.894. The van der Waals surface area contributed by atoms with E-state index < -0.39 is 18.0 Å². The quantitative estimate of drug-likeness (QED) is 0.834. The van der Waals surface area contributed by atoms with E-state index in [2.05, 4.69) is 15.9 Å². The largest absolute Gasteiger partial charge is 0.481 e. The molecule has 0 aliphatic carbocycles. The molecule has 3 nitrogen and oxygen atoms in total. The van der Waals surface area contributed by atoms with Crippen LogP contribution in [-0.2, 0) is 11.2 Å². The van der Waals surface area contributed by atoms with Crippen LogP contribution in [0.1, 0.15) is 23.7 Å². The van der Waals surface area contributed by atoms with Crippen molar-refractivity contribution in [3.63, 3.8) is 0 Å². The van der Waals surface area contributed by atoms with Gasteiger partial charge in [0.05, 0.1) is 12.0 Å². The molecule has 0 aromatic heterocycles. The number of halogens is 1. The van der Waals surface area contributed by atoms with Crippen molar-refractivity contribution in [2.75, 3.05) is 0 Å². The lowest BCUT2D eigenvalue weighted by Crippen LogP contribution is -2.19. The van der Waals surface area contributed by atoms with Crippen LogP contribution in [0, 0.1) is 5.92 Å². The van der Waals surface area contributed by atoms with Gasteiger partial charge in [-0.05, 0) is 30.0 Å². The van der Waals surface area contributed by atoms with Crippen LogP contribution in [0.4, 0.5) is 0 Å². The van der Waals surface area contributed by atoms with Crippen molar-refractivity contribution < 1.29 is 15.0 Å². The third-order valence-electron chi connectivity index (χ3n) is 3.47. The molecule has 2 aromatic carbocycles. The molecule has 2 atom stereocenters. The molecule has 2 aromatic rings. The molecule has 0 heterocycles. The minimum Gasteiger partial charge on any atom is -0.481 e. The van der Waals surface area contributed by atoms with Gasteiger partial charge in [0.15, 0.2) is 0 Å². The van der Waals surface area contributed by atoms with E-state index in [1.165, 1.54) is 0 Å². The summed E-state index contributed by atoms with van der Waals surface area (Å²) in [6.07, 6.45) is -0.184. The topological polar surface area (TPSA) is 57.5 Å². The highest BCUT2D eigenvalue weighted by atomic mass is 79.9. The van der Waals surface area contributed by atoms with Crippen molar-refractivity contribution in [1.82, 2.24) is 0 Å². The molecule has 0 saturated heterocycles. The van der Waals surface area contributed by atoms with Gasteiger partial charge in [-0.1, -0.05) is 64.5 Å². The minimum absolute atomic E-state index is 0.195. The molecule has 110 valence electrons. The van der Waals surface area contributed by atoms with Crippen molar-refractivity contribution in [2.45, 2.75) is 18.9 Å². The maximum Gasteiger partial charge on any atom is 0.306 e. The Morgan fingerprint density at radius 3 is 2.29 bits per heavy atom. The van der Waals surface area contributed by atoms with E-state index in [0.29, 0.717) is 6.42 Å². The first-order valence-electron chi connectivity index (χ1n) is 6.77. The summed E-state index contributed by atoms with van der Waals surface area (Å²) in [7, 11) is 0. The lowest BCUT2D eigenvalue weighted by atomic mass is 9.91. The zero-order valence-electron chi connectivity index (χ0n) is 11.4. The van der Waals surface area contributed by atoms with Gasteiger partial charge in [0.2, 0.25) is 0 Å². The first-order chi connectivity index (χ1) is 10.1. The van der Waals surface area contributed by atoms with E-state index in [0.717, 1.165) is 15.6 Å². The van der Waals surface area contributed by atoms with Gasteiger partial charge in [-0.2, -0.15) is 0 Å². The van der Waals surface area contributed by atoms with Crippen LogP contribution in [-0.4, -0.2) is 16.2 Å². The predicted octanol–water partition coefficient (Wildman–Crippen LogP) is 3.82. The monoisotopic (exact) mass is 348 g/mol. The predicted molar refractivity (Wildman–Crippen MR) is 85.0 cm³/mol. The zero-order chi connectivity index (χ0) is 15.2. The molecule has 2 rings (SSSR count). The highest BCUT2D eigenvalue weighted by Crippen LogP contribution is 2.26. The van der Waals surface area contributed by atoms with E-state index in [9.17, 15) is 15.0 Å². The van der Waals surface area contributed by atoms with Crippen LogP contribution in [0.25, 0.3) is 0 Å². The fourth-order valence-corrected chi connectivity index (χ4v) is 2.73. The summed E-state index contributed by atoms with van der Waals surface area (Å²) in [6.45, 7) is 0. The summed E-state index contributed by atoms with van der Waals surface area (Å²) in [5.74, 6) is -1.51. The standard InChI is InChI=1S/C17H17BrO3/c18-15-9-5-4-8-13(15)10-14(17(20)21)11-16(19)12-6-2-1-3-7-12/h1-9,14,16,19H,10-11H2,(H,20,21). The Morgan fingerprint density at radius 1 is 1.05 bits per heavy atom. The van der Waals surface area contributed by atoms with Crippen LogP contribution in [0.15, 0.2) is 59.1 Å². The summed E-state index contributed by atoms with van der Waals surface area (Å²) in [6, 6.07) is 16.7. The minimum atomic E-state index is -0.888. The highest BCUT2D eigenvalue weighted by Gasteiger charge is 2.23. The van der Waals surface area contributed by atoms with Crippen molar-refractivity contribution in [2.24, 2.45) is 5.92 Å². The van der Waals surface area contributed by atoms with Crippen LogP contribution in [0.2, 0.25) is 0 Å². The van der Waals surface area contributed by atoms with E-state index in [1.54, 1.807) is 0 Å². The van der Waals surface area contributed by atoms with Gasteiger partial charge in [-0.15, -0.1) is 0 Å². The molecule has 2 unspecified atom stereocenters.